The predicted octanol–water partition coefficient (Wildman–Crippen LogP) is 3.55. The van der Waals surface area contributed by atoms with E-state index in [9.17, 15) is 0 Å². The first kappa shape index (κ1) is 14.0. The standard InChI is InChI=1S/C16H23N5/c1-12(2)16-19-18-15-9-8-14(20-21(15)16)17-11-10-13-6-4-3-5-7-13/h6,8-9,12H,3-5,7,10-11H2,1-2H3,(H,17,20). The predicted molar refractivity (Wildman–Crippen MR) is 84.5 cm³/mol. The third kappa shape index (κ3) is 3.23. The highest BCUT2D eigenvalue weighted by Crippen LogP contribution is 2.20. The molecule has 0 saturated carbocycles. The lowest BCUT2D eigenvalue weighted by molar-refractivity contribution is 0.678. The molecule has 0 unspecified atom stereocenters. The van der Waals surface area contributed by atoms with E-state index < -0.39 is 0 Å². The van der Waals surface area contributed by atoms with E-state index >= 15 is 0 Å². The molecule has 3 rings (SSSR count). The Morgan fingerprint density at radius 3 is 2.90 bits per heavy atom. The zero-order chi connectivity index (χ0) is 14.7. The van der Waals surface area contributed by atoms with E-state index in [0.717, 1.165) is 30.3 Å². The molecular weight excluding hydrogens is 262 g/mol. The molecule has 0 radical (unpaired) electrons. The van der Waals surface area contributed by atoms with Gasteiger partial charge in [-0.05, 0) is 44.2 Å². The van der Waals surface area contributed by atoms with E-state index in [1.807, 2.05) is 16.6 Å². The Bertz CT molecular complexity index is 641. The second-order valence-electron chi connectivity index (χ2n) is 5.99. The molecule has 0 aliphatic heterocycles. The summed E-state index contributed by atoms with van der Waals surface area (Å²) in [7, 11) is 0. The van der Waals surface area contributed by atoms with Crippen molar-refractivity contribution < 1.29 is 0 Å². The lowest BCUT2D eigenvalue weighted by atomic mass is 9.97. The molecule has 0 amide bonds. The Morgan fingerprint density at radius 2 is 2.14 bits per heavy atom. The van der Waals surface area contributed by atoms with Gasteiger partial charge in [-0.2, -0.15) is 4.52 Å². The molecule has 21 heavy (non-hydrogen) atoms. The monoisotopic (exact) mass is 285 g/mol. The van der Waals surface area contributed by atoms with Crippen molar-refractivity contribution in [1.82, 2.24) is 19.8 Å². The first-order valence-electron chi connectivity index (χ1n) is 7.88. The van der Waals surface area contributed by atoms with Crippen molar-refractivity contribution in [2.24, 2.45) is 0 Å². The molecule has 2 heterocycles. The normalized spacial score (nSPS) is 15.5. The Hall–Kier alpha value is -1.91. The van der Waals surface area contributed by atoms with Crippen LogP contribution in [0.2, 0.25) is 0 Å². The lowest BCUT2D eigenvalue weighted by Crippen LogP contribution is -2.08. The van der Waals surface area contributed by atoms with Crippen LogP contribution in [0, 0.1) is 0 Å². The molecule has 0 aromatic carbocycles. The minimum Gasteiger partial charge on any atom is -0.368 e. The van der Waals surface area contributed by atoms with Crippen LogP contribution >= 0.6 is 0 Å². The fourth-order valence-electron chi connectivity index (χ4n) is 2.74. The molecule has 0 fully saturated rings. The smallest absolute Gasteiger partial charge is 0.178 e. The molecule has 0 spiro atoms. The van der Waals surface area contributed by atoms with Crippen molar-refractivity contribution in [3.05, 3.63) is 29.6 Å². The molecule has 5 heteroatoms. The van der Waals surface area contributed by atoms with Crippen LogP contribution < -0.4 is 5.32 Å². The Balaban J connectivity index is 1.66. The molecule has 0 atom stereocenters. The fraction of sp³-hybridized carbons (Fsp3) is 0.562. The summed E-state index contributed by atoms with van der Waals surface area (Å²) in [6, 6.07) is 3.94. The van der Waals surface area contributed by atoms with Gasteiger partial charge in [-0.15, -0.1) is 15.3 Å². The number of nitrogens with one attached hydrogen (secondary N) is 1. The van der Waals surface area contributed by atoms with E-state index in [-0.39, 0.29) is 0 Å². The second kappa shape index (κ2) is 6.24. The fourth-order valence-corrected chi connectivity index (χ4v) is 2.74. The molecule has 0 bridgehead atoms. The highest BCUT2D eigenvalue weighted by molar-refractivity contribution is 5.44. The molecule has 1 aliphatic rings. The molecular formula is C16H23N5. The summed E-state index contributed by atoms with van der Waals surface area (Å²) in [5.41, 5.74) is 2.39. The molecule has 0 saturated heterocycles. The molecule has 1 aliphatic carbocycles. The summed E-state index contributed by atoms with van der Waals surface area (Å²) < 4.78 is 1.84. The van der Waals surface area contributed by atoms with E-state index in [1.54, 1.807) is 5.57 Å². The lowest BCUT2D eigenvalue weighted by Gasteiger charge is -2.13. The highest BCUT2D eigenvalue weighted by Gasteiger charge is 2.10. The van der Waals surface area contributed by atoms with Crippen LogP contribution in [-0.2, 0) is 0 Å². The molecule has 2 aromatic rings. The number of fused-ring (bicyclic) bond motifs is 1. The van der Waals surface area contributed by atoms with Gasteiger partial charge >= 0.3 is 0 Å². The maximum atomic E-state index is 4.60. The summed E-state index contributed by atoms with van der Waals surface area (Å²) in [6.45, 7) is 5.14. The summed E-state index contributed by atoms with van der Waals surface area (Å²) in [5.74, 6) is 2.11. The van der Waals surface area contributed by atoms with Gasteiger partial charge in [-0.3, -0.25) is 0 Å². The third-order valence-corrected chi connectivity index (χ3v) is 3.94. The Labute approximate surface area is 125 Å². The van der Waals surface area contributed by atoms with Gasteiger partial charge in [0.1, 0.15) is 5.82 Å². The minimum atomic E-state index is 0.315. The van der Waals surface area contributed by atoms with Crippen molar-refractivity contribution in [2.45, 2.75) is 51.9 Å². The summed E-state index contributed by atoms with van der Waals surface area (Å²) in [6.07, 6.45) is 8.71. The highest BCUT2D eigenvalue weighted by atomic mass is 15.4. The maximum Gasteiger partial charge on any atom is 0.178 e. The van der Waals surface area contributed by atoms with E-state index in [2.05, 4.69) is 40.5 Å². The average molecular weight is 285 g/mol. The zero-order valence-electron chi connectivity index (χ0n) is 12.8. The van der Waals surface area contributed by atoms with Crippen molar-refractivity contribution in [1.29, 1.82) is 0 Å². The number of rotatable bonds is 5. The Morgan fingerprint density at radius 1 is 1.24 bits per heavy atom. The van der Waals surface area contributed by atoms with Gasteiger partial charge in [0, 0.05) is 12.5 Å². The van der Waals surface area contributed by atoms with Gasteiger partial charge in [0.25, 0.3) is 0 Å². The van der Waals surface area contributed by atoms with Crippen molar-refractivity contribution in [2.75, 3.05) is 11.9 Å². The molecule has 2 aromatic heterocycles. The van der Waals surface area contributed by atoms with Crippen LogP contribution in [0.4, 0.5) is 5.82 Å². The topological polar surface area (TPSA) is 55.1 Å². The number of aromatic nitrogens is 4. The van der Waals surface area contributed by atoms with E-state index in [4.69, 9.17) is 0 Å². The largest absolute Gasteiger partial charge is 0.368 e. The quantitative estimate of drug-likeness (QED) is 0.854. The first-order valence-corrected chi connectivity index (χ1v) is 7.88. The van der Waals surface area contributed by atoms with E-state index in [0.29, 0.717) is 5.92 Å². The number of nitrogens with zero attached hydrogens (tertiary/aromatic N) is 4. The van der Waals surface area contributed by atoms with E-state index in [1.165, 1.54) is 25.7 Å². The van der Waals surface area contributed by atoms with Gasteiger partial charge in [0.2, 0.25) is 0 Å². The first-order chi connectivity index (χ1) is 10.2. The van der Waals surface area contributed by atoms with Gasteiger partial charge in [-0.25, -0.2) is 0 Å². The molecule has 1 N–H and O–H groups in total. The van der Waals surface area contributed by atoms with Crippen LogP contribution in [0.1, 0.15) is 57.7 Å². The number of allylic oxidation sites excluding steroid dienone is 1. The Kier molecular flexibility index (Phi) is 4.18. The summed E-state index contributed by atoms with van der Waals surface area (Å²) >= 11 is 0. The van der Waals surface area contributed by atoms with Crippen LogP contribution in [0.3, 0.4) is 0 Å². The number of hydrogen-bond donors (Lipinski definition) is 1. The number of hydrogen-bond acceptors (Lipinski definition) is 4. The second-order valence-corrected chi connectivity index (χ2v) is 5.99. The molecule has 112 valence electrons. The van der Waals surface area contributed by atoms with Gasteiger partial charge in [0.15, 0.2) is 11.5 Å². The summed E-state index contributed by atoms with van der Waals surface area (Å²) in [5, 5.41) is 16.4. The summed E-state index contributed by atoms with van der Waals surface area (Å²) in [4.78, 5) is 0. The minimum absolute atomic E-state index is 0.315. The SMILES string of the molecule is CC(C)c1nnc2ccc(NCCC3=CCCCC3)nn12. The van der Waals surface area contributed by atoms with Crippen LogP contribution in [-0.4, -0.2) is 26.4 Å². The maximum absolute atomic E-state index is 4.60. The van der Waals surface area contributed by atoms with Crippen LogP contribution in [0.5, 0.6) is 0 Å². The zero-order valence-corrected chi connectivity index (χ0v) is 12.8. The van der Waals surface area contributed by atoms with Crippen LogP contribution in [0.15, 0.2) is 23.8 Å². The molecule has 5 nitrogen and oxygen atoms in total. The van der Waals surface area contributed by atoms with Gasteiger partial charge in [-0.1, -0.05) is 25.5 Å². The van der Waals surface area contributed by atoms with Crippen LogP contribution in [0.25, 0.3) is 5.65 Å². The van der Waals surface area contributed by atoms with Crippen molar-refractivity contribution >= 4 is 11.5 Å². The van der Waals surface area contributed by atoms with Gasteiger partial charge < -0.3 is 5.32 Å². The third-order valence-electron chi connectivity index (χ3n) is 3.94. The number of anilines is 1. The van der Waals surface area contributed by atoms with Crippen molar-refractivity contribution in [3.8, 4) is 0 Å². The van der Waals surface area contributed by atoms with Gasteiger partial charge in [0.05, 0.1) is 0 Å². The average Bonchev–Trinajstić information content (AvgIpc) is 2.92. The van der Waals surface area contributed by atoms with Crippen molar-refractivity contribution in [3.63, 3.8) is 0 Å².